The molecule has 1 aromatic carbocycles. The predicted molar refractivity (Wildman–Crippen MR) is 42.4 cm³/mol. The molecule has 0 spiro atoms. The van der Waals surface area contributed by atoms with Crippen molar-refractivity contribution in [3.63, 3.8) is 0 Å². The van der Waals surface area contributed by atoms with Gasteiger partial charge in [-0.25, -0.2) is 4.39 Å². The SMILES string of the molecule is O=S(=O)(F)c1cc(F)ccc1Br. The van der Waals surface area contributed by atoms with Crippen LogP contribution in [0.25, 0.3) is 0 Å². The minimum atomic E-state index is -4.84. The molecular weight excluding hydrogens is 254 g/mol. The molecule has 66 valence electrons. The number of hydrogen-bond donors (Lipinski definition) is 0. The van der Waals surface area contributed by atoms with Gasteiger partial charge in [0.25, 0.3) is 0 Å². The molecule has 0 saturated carbocycles. The lowest BCUT2D eigenvalue weighted by Gasteiger charge is -1.97. The van der Waals surface area contributed by atoms with Gasteiger partial charge in [-0.2, -0.15) is 8.42 Å². The average Bonchev–Trinajstić information content (AvgIpc) is 1.92. The van der Waals surface area contributed by atoms with Gasteiger partial charge in [-0.1, -0.05) is 0 Å². The second-order valence-corrected chi connectivity index (χ2v) is 4.18. The number of hydrogen-bond acceptors (Lipinski definition) is 2. The fourth-order valence-electron chi connectivity index (χ4n) is 0.664. The van der Waals surface area contributed by atoms with Gasteiger partial charge in [-0.3, -0.25) is 0 Å². The molecule has 0 radical (unpaired) electrons. The van der Waals surface area contributed by atoms with Crippen LogP contribution in [0, 0.1) is 5.82 Å². The first kappa shape index (κ1) is 9.60. The molecule has 0 saturated heterocycles. The Morgan fingerprint density at radius 3 is 2.33 bits per heavy atom. The normalized spacial score (nSPS) is 11.6. The first-order valence-corrected chi connectivity index (χ1v) is 4.98. The Labute approximate surface area is 76.6 Å². The van der Waals surface area contributed by atoms with Crippen LogP contribution in [0.15, 0.2) is 27.6 Å². The molecule has 0 aromatic heterocycles. The van der Waals surface area contributed by atoms with Crippen molar-refractivity contribution in [2.45, 2.75) is 4.90 Å². The highest BCUT2D eigenvalue weighted by atomic mass is 79.9. The third kappa shape index (κ3) is 2.01. The summed E-state index contributed by atoms with van der Waals surface area (Å²) in [7, 11) is -4.84. The fraction of sp³-hybridized carbons (Fsp3) is 0. The molecule has 1 rings (SSSR count). The second-order valence-electron chi connectivity index (χ2n) is 2.01. The Kier molecular flexibility index (Phi) is 2.48. The second kappa shape index (κ2) is 3.10. The molecule has 0 aliphatic rings. The van der Waals surface area contributed by atoms with Crippen LogP contribution in [0.1, 0.15) is 0 Å². The summed E-state index contributed by atoms with van der Waals surface area (Å²) in [6.07, 6.45) is 0. The molecule has 0 aliphatic heterocycles. The van der Waals surface area contributed by atoms with E-state index in [0.29, 0.717) is 6.07 Å². The number of benzene rings is 1. The van der Waals surface area contributed by atoms with E-state index in [2.05, 4.69) is 15.9 Å². The molecule has 0 atom stereocenters. The summed E-state index contributed by atoms with van der Waals surface area (Å²) >= 11 is 2.78. The Morgan fingerprint density at radius 1 is 1.33 bits per heavy atom. The van der Waals surface area contributed by atoms with E-state index in [0.717, 1.165) is 12.1 Å². The summed E-state index contributed by atoms with van der Waals surface area (Å²) in [6.45, 7) is 0. The smallest absolute Gasteiger partial charge is 0.207 e. The van der Waals surface area contributed by atoms with Gasteiger partial charge in [-0.05, 0) is 34.1 Å². The Bertz CT molecular complexity index is 402. The van der Waals surface area contributed by atoms with Crippen molar-refractivity contribution >= 4 is 26.2 Å². The molecule has 2 nitrogen and oxygen atoms in total. The van der Waals surface area contributed by atoms with E-state index in [1.165, 1.54) is 0 Å². The summed E-state index contributed by atoms with van der Waals surface area (Å²) in [6, 6.07) is 2.76. The topological polar surface area (TPSA) is 34.1 Å². The van der Waals surface area contributed by atoms with E-state index in [1.807, 2.05) is 0 Å². The van der Waals surface area contributed by atoms with Gasteiger partial charge in [0, 0.05) is 4.47 Å². The maximum absolute atomic E-state index is 12.4. The van der Waals surface area contributed by atoms with Gasteiger partial charge in [0.05, 0.1) is 0 Å². The Hall–Kier alpha value is -0.490. The monoisotopic (exact) mass is 256 g/mol. The van der Waals surface area contributed by atoms with Crippen LogP contribution in [0.5, 0.6) is 0 Å². The lowest BCUT2D eigenvalue weighted by Crippen LogP contribution is -1.94. The highest BCUT2D eigenvalue weighted by Crippen LogP contribution is 2.23. The summed E-state index contributed by atoms with van der Waals surface area (Å²) < 4.78 is 45.5. The molecule has 0 fully saturated rings. The molecule has 12 heavy (non-hydrogen) atoms. The minimum absolute atomic E-state index is 0.00593. The lowest BCUT2D eigenvalue weighted by molar-refractivity contribution is 0.548. The van der Waals surface area contributed by atoms with Crippen LogP contribution in [0.2, 0.25) is 0 Å². The summed E-state index contributed by atoms with van der Waals surface area (Å²) in [5.74, 6) is -0.797. The molecular formula is C6H3BrF2O2S. The van der Waals surface area contributed by atoms with Crippen molar-refractivity contribution in [2.24, 2.45) is 0 Å². The van der Waals surface area contributed by atoms with E-state index < -0.39 is 20.9 Å². The van der Waals surface area contributed by atoms with Crippen molar-refractivity contribution in [1.29, 1.82) is 0 Å². The van der Waals surface area contributed by atoms with Gasteiger partial charge in [0.1, 0.15) is 10.7 Å². The van der Waals surface area contributed by atoms with E-state index in [-0.39, 0.29) is 4.47 Å². The standard InChI is InChI=1S/C6H3BrF2O2S/c7-5-2-1-4(8)3-6(5)12(9,10)11/h1-3H. The average molecular weight is 257 g/mol. The number of rotatable bonds is 1. The van der Waals surface area contributed by atoms with E-state index in [9.17, 15) is 16.7 Å². The fourth-order valence-corrected chi connectivity index (χ4v) is 2.05. The minimum Gasteiger partial charge on any atom is -0.207 e. The predicted octanol–water partition coefficient (Wildman–Crippen LogP) is 2.25. The van der Waals surface area contributed by atoms with Crippen molar-refractivity contribution < 1.29 is 16.7 Å². The first-order chi connectivity index (χ1) is 5.41. The van der Waals surface area contributed by atoms with Crippen LogP contribution in [0.3, 0.4) is 0 Å². The lowest BCUT2D eigenvalue weighted by atomic mass is 10.3. The zero-order valence-electron chi connectivity index (χ0n) is 5.59. The van der Waals surface area contributed by atoms with E-state index in [1.54, 1.807) is 0 Å². The van der Waals surface area contributed by atoms with Crippen molar-refractivity contribution in [2.75, 3.05) is 0 Å². The molecule has 0 N–H and O–H groups in total. The maximum atomic E-state index is 12.4. The molecule has 0 unspecified atom stereocenters. The van der Waals surface area contributed by atoms with Gasteiger partial charge < -0.3 is 0 Å². The molecule has 1 aromatic rings. The van der Waals surface area contributed by atoms with Crippen molar-refractivity contribution in [1.82, 2.24) is 0 Å². The van der Waals surface area contributed by atoms with Gasteiger partial charge in [0.15, 0.2) is 0 Å². The molecule has 6 heteroatoms. The maximum Gasteiger partial charge on any atom is 0.333 e. The van der Waals surface area contributed by atoms with E-state index >= 15 is 0 Å². The van der Waals surface area contributed by atoms with Crippen LogP contribution in [-0.4, -0.2) is 8.42 Å². The molecule has 0 heterocycles. The Morgan fingerprint density at radius 2 is 1.92 bits per heavy atom. The quantitative estimate of drug-likeness (QED) is 0.723. The summed E-state index contributed by atoms with van der Waals surface area (Å²) in [5.41, 5.74) is 0. The molecule has 0 amide bonds. The zero-order chi connectivity index (χ0) is 9.35. The van der Waals surface area contributed by atoms with Gasteiger partial charge in [0.2, 0.25) is 0 Å². The molecule has 0 bridgehead atoms. The van der Waals surface area contributed by atoms with Gasteiger partial charge >= 0.3 is 10.2 Å². The van der Waals surface area contributed by atoms with Crippen LogP contribution in [0.4, 0.5) is 8.28 Å². The van der Waals surface area contributed by atoms with Crippen LogP contribution >= 0.6 is 15.9 Å². The van der Waals surface area contributed by atoms with Crippen LogP contribution in [-0.2, 0) is 10.2 Å². The largest absolute Gasteiger partial charge is 0.333 e. The first-order valence-electron chi connectivity index (χ1n) is 2.81. The van der Waals surface area contributed by atoms with Crippen molar-refractivity contribution in [3.8, 4) is 0 Å². The highest BCUT2D eigenvalue weighted by Gasteiger charge is 2.16. The van der Waals surface area contributed by atoms with Crippen molar-refractivity contribution in [3.05, 3.63) is 28.5 Å². The Balaban J connectivity index is 3.43. The number of halogens is 3. The third-order valence-corrected chi connectivity index (χ3v) is 2.97. The third-order valence-electron chi connectivity index (χ3n) is 1.16. The zero-order valence-corrected chi connectivity index (χ0v) is 7.99. The van der Waals surface area contributed by atoms with Crippen LogP contribution < -0.4 is 0 Å². The molecule has 0 aliphatic carbocycles. The van der Waals surface area contributed by atoms with E-state index in [4.69, 9.17) is 0 Å². The summed E-state index contributed by atoms with van der Waals surface area (Å²) in [5, 5.41) is 0. The van der Waals surface area contributed by atoms with Gasteiger partial charge in [-0.15, -0.1) is 3.89 Å². The highest BCUT2D eigenvalue weighted by molar-refractivity contribution is 9.10. The summed E-state index contributed by atoms with van der Waals surface area (Å²) in [4.78, 5) is -0.692.